The molecule has 1 N–H and O–H groups in total. The summed E-state index contributed by atoms with van der Waals surface area (Å²) in [4.78, 5) is 12.0. The summed E-state index contributed by atoms with van der Waals surface area (Å²) in [5.41, 5.74) is 0.637. The highest BCUT2D eigenvalue weighted by Gasteiger charge is 2.10. The van der Waals surface area contributed by atoms with Crippen LogP contribution < -0.4 is 10.1 Å². The normalized spacial score (nSPS) is 10.6. The maximum absolute atomic E-state index is 12.0. The molecule has 0 atom stereocenters. The van der Waals surface area contributed by atoms with E-state index < -0.39 is 0 Å². The van der Waals surface area contributed by atoms with Gasteiger partial charge in [-0.2, -0.15) is 0 Å². The molecule has 0 radical (unpaired) electrons. The molecule has 1 aromatic carbocycles. The number of thioether (sulfide) groups is 2. The van der Waals surface area contributed by atoms with Crippen LogP contribution in [0.2, 0.25) is 5.02 Å². The number of ether oxygens (including phenoxy) is 1. The second-order valence-corrected chi connectivity index (χ2v) is 8.32. The number of nitrogens with zero attached hydrogens (tertiary/aromatic N) is 2. The summed E-state index contributed by atoms with van der Waals surface area (Å²) < 4.78 is 6.82. The molecule has 0 saturated carbocycles. The van der Waals surface area contributed by atoms with Crippen LogP contribution in [0.25, 0.3) is 0 Å². The molecule has 23 heavy (non-hydrogen) atoms. The number of hydrogen-bond donors (Lipinski definition) is 1. The monoisotopic (exact) mass is 389 g/mol. The van der Waals surface area contributed by atoms with E-state index >= 15 is 0 Å². The number of aromatic nitrogens is 2. The Hall–Kier alpha value is -0.960. The van der Waals surface area contributed by atoms with E-state index in [1.807, 2.05) is 0 Å². The molecule has 2 rings (SSSR count). The van der Waals surface area contributed by atoms with Gasteiger partial charge in [-0.15, -0.1) is 10.2 Å². The number of amides is 1. The standard InChI is InChI=1S/C14H16ClN3O2S3/c1-3-6-21-13-17-18-14(23-13)22-8-12(19)16-9-4-5-11(20-2)10(15)7-9/h4-5,7H,3,6,8H2,1-2H3,(H,16,19). The lowest BCUT2D eigenvalue weighted by molar-refractivity contribution is -0.113. The van der Waals surface area contributed by atoms with E-state index in [-0.39, 0.29) is 11.7 Å². The zero-order valence-corrected chi connectivity index (χ0v) is 15.9. The molecule has 0 aliphatic carbocycles. The van der Waals surface area contributed by atoms with E-state index in [9.17, 15) is 4.79 Å². The van der Waals surface area contributed by atoms with E-state index in [1.165, 1.54) is 23.1 Å². The molecule has 0 unspecified atom stereocenters. The van der Waals surface area contributed by atoms with Crippen molar-refractivity contribution in [2.45, 2.75) is 22.0 Å². The highest BCUT2D eigenvalue weighted by Crippen LogP contribution is 2.30. The number of anilines is 1. The fourth-order valence-electron chi connectivity index (χ4n) is 1.57. The van der Waals surface area contributed by atoms with Crippen molar-refractivity contribution in [2.75, 3.05) is 23.9 Å². The molecule has 9 heteroatoms. The van der Waals surface area contributed by atoms with Crippen LogP contribution in [0.1, 0.15) is 13.3 Å². The molecule has 1 amide bonds. The molecule has 0 aliphatic heterocycles. The highest BCUT2D eigenvalue weighted by atomic mass is 35.5. The van der Waals surface area contributed by atoms with Gasteiger partial charge in [0.15, 0.2) is 8.68 Å². The molecule has 1 aromatic heterocycles. The minimum absolute atomic E-state index is 0.116. The van der Waals surface area contributed by atoms with Crippen molar-refractivity contribution in [3.63, 3.8) is 0 Å². The summed E-state index contributed by atoms with van der Waals surface area (Å²) in [5, 5.41) is 11.4. The van der Waals surface area contributed by atoms with Crippen LogP contribution in [0.4, 0.5) is 5.69 Å². The molecule has 0 fully saturated rings. The third-order valence-electron chi connectivity index (χ3n) is 2.58. The lowest BCUT2D eigenvalue weighted by Crippen LogP contribution is -2.13. The Balaban J connectivity index is 1.83. The van der Waals surface area contributed by atoms with Crippen molar-refractivity contribution >= 4 is 58.1 Å². The zero-order valence-electron chi connectivity index (χ0n) is 12.7. The summed E-state index contributed by atoms with van der Waals surface area (Å²) >= 11 is 10.6. The predicted molar refractivity (Wildman–Crippen MR) is 98.3 cm³/mol. The predicted octanol–water partition coefficient (Wildman–Crippen LogP) is 4.43. The van der Waals surface area contributed by atoms with E-state index in [0.717, 1.165) is 20.9 Å². The molecular formula is C14H16ClN3O2S3. The van der Waals surface area contributed by atoms with Crippen molar-refractivity contribution in [2.24, 2.45) is 0 Å². The van der Waals surface area contributed by atoms with Crippen LogP contribution in [0.5, 0.6) is 5.75 Å². The fourth-order valence-corrected chi connectivity index (χ4v) is 4.57. The smallest absolute Gasteiger partial charge is 0.234 e. The number of carbonyl (C=O) groups excluding carboxylic acids is 1. The summed E-state index contributed by atoms with van der Waals surface area (Å²) in [6.07, 6.45) is 1.10. The first-order valence-electron chi connectivity index (χ1n) is 6.85. The second-order valence-electron chi connectivity index (χ2n) is 4.37. The Morgan fingerprint density at radius 3 is 2.74 bits per heavy atom. The Labute approximate surface area is 152 Å². The third-order valence-corrected chi connectivity index (χ3v) is 6.27. The average molecular weight is 390 g/mol. The molecule has 0 spiro atoms. The number of nitrogens with one attached hydrogen (secondary N) is 1. The van der Waals surface area contributed by atoms with Gasteiger partial charge in [-0.1, -0.05) is 53.4 Å². The van der Waals surface area contributed by atoms with E-state index in [2.05, 4.69) is 22.4 Å². The number of hydrogen-bond acceptors (Lipinski definition) is 7. The molecule has 0 bridgehead atoms. The van der Waals surface area contributed by atoms with Gasteiger partial charge in [-0.25, -0.2) is 0 Å². The molecule has 0 saturated heterocycles. The minimum atomic E-state index is -0.116. The molecule has 5 nitrogen and oxygen atoms in total. The largest absolute Gasteiger partial charge is 0.495 e. The molecule has 124 valence electrons. The lowest BCUT2D eigenvalue weighted by Gasteiger charge is -2.07. The Bertz CT molecular complexity index is 666. The minimum Gasteiger partial charge on any atom is -0.495 e. The maximum Gasteiger partial charge on any atom is 0.234 e. The molecule has 2 aromatic rings. The molecule has 0 aliphatic rings. The van der Waals surface area contributed by atoms with Crippen molar-refractivity contribution in [3.8, 4) is 5.75 Å². The van der Waals surface area contributed by atoms with E-state index in [0.29, 0.717) is 16.5 Å². The van der Waals surface area contributed by atoms with Gasteiger partial charge in [0.2, 0.25) is 5.91 Å². The van der Waals surface area contributed by atoms with Gasteiger partial charge in [-0.3, -0.25) is 4.79 Å². The number of methoxy groups -OCH3 is 1. The zero-order chi connectivity index (χ0) is 16.7. The van der Waals surface area contributed by atoms with Gasteiger partial charge in [0.1, 0.15) is 5.75 Å². The van der Waals surface area contributed by atoms with Gasteiger partial charge in [0, 0.05) is 11.4 Å². The third kappa shape index (κ3) is 5.87. The lowest BCUT2D eigenvalue weighted by atomic mass is 10.3. The van der Waals surface area contributed by atoms with Gasteiger partial charge >= 0.3 is 0 Å². The Morgan fingerprint density at radius 1 is 1.35 bits per heavy atom. The van der Waals surface area contributed by atoms with Crippen molar-refractivity contribution in [1.82, 2.24) is 10.2 Å². The summed E-state index contributed by atoms with van der Waals surface area (Å²) in [6.45, 7) is 2.12. The number of halogens is 1. The molecular weight excluding hydrogens is 374 g/mol. The van der Waals surface area contributed by atoms with Gasteiger partial charge in [0.05, 0.1) is 17.9 Å². The maximum atomic E-state index is 12.0. The SMILES string of the molecule is CCCSc1nnc(SCC(=O)Nc2ccc(OC)c(Cl)c2)s1. The van der Waals surface area contributed by atoms with Crippen molar-refractivity contribution in [1.29, 1.82) is 0 Å². The van der Waals surface area contributed by atoms with Crippen LogP contribution in [-0.4, -0.2) is 34.7 Å². The second kappa shape index (κ2) is 9.36. The number of rotatable bonds is 8. The van der Waals surface area contributed by atoms with Crippen LogP contribution in [0, 0.1) is 0 Å². The van der Waals surface area contributed by atoms with Crippen LogP contribution >= 0.6 is 46.5 Å². The van der Waals surface area contributed by atoms with Crippen LogP contribution in [0.15, 0.2) is 26.9 Å². The summed E-state index contributed by atoms with van der Waals surface area (Å²) in [6, 6.07) is 5.12. The number of benzene rings is 1. The van der Waals surface area contributed by atoms with Gasteiger partial charge < -0.3 is 10.1 Å². The first kappa shape index (κ1) is 18.4. The Morgan fingerprint density at radius 2 is 2.09 bits per heavy atom. The topological polar surface area (TPSA) is 64.1 Å². The summed E-state index contributed by atoms with van der Waals surface area (Å²) in [5.74, 6) is 1.76. The van der Waals surface area contributed by atoms with E-state index in [4.69, 9.17) is 16.3 Å². The number of carbonyl (C=O) groups is 1. The summed E-state index contributed by atoms with van der Waals surface area (Å²) in [7, 11) is 1.55. The van der Waals surface area contributed by atoms with Gasteiger partial charge in [0.25, 0.3) is 0 Å². The van der Waals surface area contributed by atoms with E-state index in [1.54, 1.807) is 37.1 Å². The highest BCUT2D eigenvalue weighted by molar-refractivity contribution is 8.03. The first-order chi connectivity index (χ1) is 11.1. The first-order valence-corrected chi connectivity index (χ1v) is 10.0. The Kier molecular flexibility index (Phi) is 7.48. The van der Waals surface area contributed by atoms with Crippen molar-refractivity contribution in [3.05, 3.63) is 23.2 Å². The van der Waals surface area contributed by atoms with Crippen molar-refractivity contribution < 1.29 is 9.53 Å². The fraction of sp³-hybridized carbons (Fsp3) is 0.357. The molecule has 1 heterocycles. The van der Waals surface area contributed by atoms with Crippen LogP contribution in [0.3, 0.4) is 0 Å². The van der Waals surface area contributed by atoms with Gasteiger partial charge in [-0.05, 0) is 24.6 Å². The quantitative estimate of drug-likeness (QED) is 0.673. The average Bonchev–Trinajstić information content (AvgIpc) is 2.99. The van der Waals surface area contributed by atoms with Crippen LogP contribution in [-0.2, 0) is 4.79 Å².